The first-order chi connectivity index (χ1) is 10.2. The van der Waals surface area contributed by atoms with Gasteiger partial charge in [-0.3, -0.25) is 5.84 Å². The molecule has 0 fully saturated rings. The number of hydrazine groups is 1. The van der Waals surface area contributed by atoms with Crippen LogP contribution in [0.15, 0.2) is 42.5 Å². The van der Waals surface area contributed by atoms with E-state index in [1.807, 2.05) is 36.4 Å². The lowest BCUT2D eigenvalue weighted by atomic mass is 9.99. The van der Waals surface area contributed by atoms with Gasteiger partial charge in [0.1, 0.15) is 5.75 Å². The van der Waals surface area contributed by atoms with Gasteiger partial charge in [0.25, 0.3) is 0 Å². The van der Waals surface area contributed by atoms with Crippen LogP contribution in [0.1, 0.15) is 30.5 Å². The Morgan fingerprint density at radius 1 is 1.10 bits per heavy atom. The highest BCUT2D eigenvalue weighted by atomic mass is 35.5. The van der Waals surface area contributed by atoms with E-state index < -0.39 is 0 Å². The Morgan fingerprint density at radius 2 is 1.86 bits per heavy atom. The summed E-state index contributed by atoms with van der Waals surface area (Å²) in [5, 5.41) is 1.03. The van der Waals surface area contributed by atoms with Crippen LogP contribution in [0.4, 0.5) is 0 Å². The van der Waals surface area contributed by atoms with E-state index in [9.17, 15) is 0 Å². The van der Waals surface area contributed by atoms with Crippen molar-refractivity contribution in [3.8, 4) is 5.75 Å². The summed E-state index contributed by atoms with van der Waals surface area (Å²) < 4.78 is 5.65. The monoisotopic (exact) mass is 324 g/mol. The summed E-state index contributed by atoms with van der Waals surface area (Å²) >= 11 is 12.0. The first kappa shape index (κ1) is 16.1. The SMILES string of the molecule is CCCOc1cccc(C(NN)c2ccc(Cl)c(Cl)c2)c1. The largest absolute Gasteiger partial charge is 0.494 e. The molecular weight excluding hydrogens is 307 g/mol. The summed E-state index contributed by atoms with van der Waals surface area (Å²) in [4.78, 5) is 0. The molecule has 21 heavy (non-hydrogen) atoms. The second-order valence-corrected chi connectivity index (χ2v) is 5.51. The molecule has 0 saturated heterocycles. The second kappa shape index (κ2) is 7.66. The molecule has 2 aromatic carbocycles. The Bertz CT molecular complexity index is 605. The van der Waals surface area contributed by atoms with E-state index in [4.69, 9.17) is 33.8 Å². The maximum Gasteiger partial charge on any atom is 0.119 e. The lowest BCUT2D eigenvalue weighted by Gasteiger charge is -2.18. The summed E-state index contributed by atoms with van der Waals surface area (Å²) in [5.74, 6) is 6.54. The molecule has 1 unspecified atom stereocenters. The van der Waals surface area contributed by atoms with Crippen LogP contribution in [0.5, 0.6) is 5.75 Å². The highest BCUT2D eigenvalue weighted by Crippen LogP contribution is 2.29. The zero-order chi connectivity index (χ0) is 15.2. The van der Waals surface area contributed by atoms with Crippen LogP contribution in [0.25, 0.3) is 0 Å². The Balaban J connectivity index is 2.30. The van der Waals surface area contributed by atoms with Crippen molar-refractivity contribution in [1.29, 1.82) is 0 Å². The Morgan fingerprint density at radius 3 is 2.52 bits per heavy atom. The van der Waals surface area contributed by atoms with E-state index >= 15 is 0 Å². The van der Waals surface area contributed by atoms with Gasteiger partial charge in [-0.1, -0.05) is 48.3 Å². The molecule has 0 aliphatic heterocycles. The smallest absolute Gasteiger partial charge is 0.119 e. The lowest BCUT2D eigenvalue weighted by molar-refractivity contribution is 0.317. The van der Waals surface area contributed by atoms with Crippen molar-refractivity contribution >= 4 is 23.2 Å². The van der Waals surface area contributed by atoms with E-state index in [0.29, 0.717) is 16.7 Å². The second-order valence-electron chi connectivity index (χ2n) is 4.69. The van der Waals surface area contributed by atoms with Crippen molar-refractivity contribution < 1.29 is 4.74 Å². The molecule has 0 amide bonds. The van der Waals surface area contributed by atoms with E-state index in [1.165, 1.54) is 0 Å². The number of benzene rings is 2. The van der Waals surface area contributed by atoms with E-state index in [0.717, 1.165) is 23.3 Å². The van der Waals surface area contributed by atoms with Gasteiger partial charge < -0.3 is 4.74 Å². The van der Waals surface area contributed by atoms with Crippen LogP contribution in [0.2, 0.25) is 10.0 Å². The summed E-state index contributed by atoms with van der Waals surface area (Å²) in [6.07, 6.45) is 0.968. The molecule has 0 radical (unpaired) electrons. The topological polar surface area (TPSA) is 47.3 Å². The molecule has 0 aromatic heterocycles. The van der Waals surface area contributed by atoms with Gasteiger partial charge in [-0.2, -0.15) is 0 Å². The fourth-order valence-corrected chi connectivity index (χ4v) is 2.39. The summed E-state index contributed by atoms with van der Waals surface area (Å²) in [7, 11) is 0. The number of rotatable bonds is 6. The normalized spacial score (nSPS) is 12.2. The highest BCUT2D eigenvalue weighted by molar-refractivity contribution is 6.42. The minimum absolute atomic E-state index is 0.176. The number of nitrogens with two attached hydrogens (primary N) is 1. The summed E-state index contributed by atoms with van der Waals surface area (Å²) in [5.41, 5.74) is 4.76. The average Bonchev–Trinajstić information content (AvgIpc) is 2.50. The number of ether oxygens (including phenoxy) is 1. The Labute approximate surface area is 135 Å². The standard InChI is InChI=1S/C16H18Cl2N2O/c1-2-8-21-13-5-3-4-11(9-13)16(20-19)12-6-7-14(17)15(18)10-12/h3-7,9-10,16,20H,2,8,19H2,1H3. The van der Waals surface area contributed by atoms with Crippen LogP contribution in [-0.4, -0.2) is 6.61 Å². The van der Waals surface area contributed by atoms with Crippen LogP contribution < -0.4 is 16.0 Å². The van der Waals surface area contributed by atoms with Gasteiger partial charge in [0.05, 0.1) is 22.7 Å². The fraction of sp³-hybridized carbons (Fsp3) is 0.250. The molecule has 3 N–H and O–H groups in total. The molecule has 3 nitrogen and oxygen atoms in total. The van der Waals surface area contributed by atoms with Crippen molar-refractivity contribution in [2.24, 2.45) is 5.84 Å². The van der Waals surface area contributed by atoms with Crippen molar-refractivity contribution in [1.82, 2.24) is 5.43 Å². The highest BCUT2D eigenvalue weighted by Gasteiger charge is 2.14. The molecule has 0 saturated carbocycles. The minimum Gasteiger partial charge on any atom is -0.494 e. The third-order valence-electron chi connectivity index (χ3n) is 3.11. The number of hydrogen-bond acceptors (Lipinski definition) is 3. The van der Waals surface area contributed by atoms with Gasteiger partial charge in [0, 0.05) is 0 Å². The maximum absolute atomic E-state index is 6.08. The molecule has 0 aliphatic rings. The molecule has 1 atom stereocenters. The van der Waals surface area contributed by atoms with Crippen LogP contribution >= 0.6 is 23.2 Å². The predicted molar refractivity (Wildman–Crippen MR) is 87.9 cm³/mol. The molecule has 0 spiro atoms. The molecule has 0 aliphatic carbocycles. The maximum atomic E-state index is 6.08. The van der Waals surface area contributed by atoms with Gasteiger partial charge in [0.2, 0.25) is 0 Å². The van der Waals surface area contributed by atoms with E-state index in [1.54, 1.807) is 6.07 Å². The molecule has 112 valence electrons. The fourth-order valence-electron chi connectivity index (χ4n) is 2.08. The minimum atomic E-state index is -0.176. The quantitative estimate of drug-likeness (QED) is 0.614. The summed E-state index contributed by atoms with van der Waals surface area (Å²) in [6, 6.07) is 13.1. The predicted octanol–water partition coefficient (Wildman–Crippen LogP) is 4.33. The number of halogens is 2. The molecule has 0 heterocycles. The van der Waals surface area contributed by atoms with Crippen molar-refractivity contribution in [3.05, 3.63) is 63.6 Å². The first-order valence-electron chi connectivity index (χ1n) is 6.79. The molecule has 2 rings (SSSR count). The summed E-state index contributed by atoms with van der Waals surface area (Å²) in [6.45, 7) is 2.76. The van der Waals surface area contributed by atoms with Crippen molar-refractivity contribution in [2.45, 2.75) is 19.4 Å². The number of nitrogens with one attached hydrogen (secondary N) is 1. The molecular formula is C16H18Cl2N2O. The van der Waals surface area contributed by atoms with Crippen LogP contribution in [0.3, 0.4) is 0 Å². The molecule has 2 aromatic rings. The molecule has 0 bridgehead atoms. The third-order valence-corrected chi connectivity index (χ3v) is 3.85. The molecule has 5 heteroatoms. The van der Waals surface area contributed by atoms with Crippen LogP contribution in [0, 0.1) is 0 Å². The van der Waals surface area contributed by atoms with E-state index in [-0.39, 0.29) is 6.04 Å². The Hall–Kier alpha value is -1.26. The third kappa shape index (κ3) is 4.11. The van der Waals surface area contributed by atoms with Gasteiger partial charge in [-0.25, -0.2) is 5.43 Å². The van der Waals surface area contributed by atoms with E-state index in [2.05, 4.69) is 12.3 Å². The van der Waals surface area contributed by atoms with Crippen molar-refractivity contribution in [3.63, 3.8) is 0 Å². The Kier molecular flexibility index (Phi) is 5.88. The van der Waals surface area contributed by atoms with Gasteiger partial charge in [0.15, 0.2) is 0 Å². The van der Waals surface area contributed by atoms with Crippen molar-refractivity contribution in [2.75, 3.05) is 6.61 Å². The first-order valence-corrected chi connectivity index (χ1v) is 7.55. The number of hydrogen-bond donors (Lipinski definition) is 2. The zero-order valence-corrected chi connectivity index (χ0v) is 13.3. The van der Waals surface area contributed by atoms with Crippen LogP contribution in [-0.2, 0) is 0 Å². The van der Waals surface area contributed by atoms with Gasteiger partial charge in [-0.05, 0) is 41.8 Å². The van der Waals surface area contributed by atoms with Gasteiger partial charge >= 0.3 is 0 Å². The average molecular weight is 325 g/mol. The van der Waals surface area contributed by atoms with Gasteiger partial charge in [-0.15, -0.1) is 0 Å². The lowest BCUT2D eigenvalue weighted by Crippen LogP contribution is -2.28. The zero-order valence-electron chi connectivity index (χ0n) is 11.8.